The molecule has 0 amide bonds. The Hall–Kier alpha value is -0.410. The van der Waals surface area contributed by atoms with Gasteiger partial charge in [-0.05, 0) is 51.7 Å². The highest BCUT2D eigenvalue weighted by Crippen LogP contribution is 2.12. The van der Waals surface area contributed by atoms with E-state index in [0.29, 0.717) is 0 Å². The van der Waals surface area contributed by atoms with Crippen molar-refractivity contribution in [3.05, 3.63) is 16.1 Å². The van der Waals surface area contributed by atoms with Gasteiger partial charge in [0.25, 0.3) is 0 Å². The van der Waals surface area contributed by atoms with Crippen molar-refractivity contribution >= 4 is 41.3 Å². The van der Waals surface area contributed by atoms with E-state index in [1.165, 1.54) is 50.2 Å². The highest BCUT2D eigenvalue weighted by atomic mass is 127. The van der Waals surface area contributed by atoms with Crippen molar-refractivity contribution in [1.29, 1.82) is 0 Å². The summed E-state index contributed by atoms with van der Waals surface area (Å²) in [4.78, 5) is 12.6. The third kappa shape index (κ3) is 7.80. The van der Waals surface area contributed by atoms with Crippen LogP contribution in [0.1, 0.15) is 42.5 Å². The van der Waals surface area contributed by atoms with Gasteiger partial charge >= 0.3 is 0 Å². The fourth-order valence-corrected chi connectivity index (χ4v) is 3.45. The molecule has 0 radical (unpaired) electrons. The van der Waals surface area contributed by atoms with Gasteiger partial charge in [0.05, 0.1) is 6.54 Å². The van der Waals surface area contributed by atoms with Crippen LogP contribution in [0.4, 0.5) is 0 Å². The zero-order valence-corrected chi connectivity index (χ0v) is 17.5. The van der Waals surface area contributed by atoms with Crippen molar-refractivity contribution < 1.29 is 0 Å². The number of thiazole rings is 1. The van der Waals surface area contributed by atoms with Crippen molar-refractivity contribution in [1.82, 2.24) is 20.5 Å². The summed E-state index contributed by atoms with van der Waals surface area (Å²) < 4.78 is 0. The Morgan fingerprint density at radius 2 is 2.09 bits per heavy atom. The highest BCUT2D eigenvalue weighted by Gasteiger charge is 2.10. The van der Waals surface area contributed by atoms with E-state index in [9.17, 15) is 0 Å². The minimum absolute atomic E-state index is 0. The maximum absolute atomic E-state index is 4.41. The number of nitrogens with zero attached hydrogens (tertiary/aromatic N) is 3. The SMILES string of the molecule is CCc1cnc(CNC(=NC)NCCCCN2CCCC2)s1.I. The zero-order chi connectivity index (χ0) is 15.6. The lowest BCUT2D eigenvalue weighted by atomic mass is 10.3. The van der Waals surface area contributed by atoms with Gasteiger partial charge in [0.2, 0.25) is 0 Å². The van der Waals surface area contributed by atoms with E-state index in [-0.39, 0.29) is 24.0 Å². The third-order valence-corrected chi connectivity index (χ3v) is 5.11. The molecular formula is C16H30IN5S. The first-order valence-corrected chi connectivity index (χ1v) is 9.24. The molecule has 0 spiro atoms. The molecule has 0 aliphatic carbocycles. The smallest absolute Gasteiger partial charge is 0.191 e. The predicted octanol–water partition coefficient (Wildman–Crippen LogP) is 2.86. The molecule has 5 nitrogen and oxygen atoms in total. The van der Waals surface area contributed by atoms with Gasteiger partial charge < -0.3 is 15.5 Å². The largest absolute Gasteiger partial charge is 0.356 e. The van der Waals surface area contributed by atoms with Crippen molar-refractivity contribution in [2.45, 2.75) is 45.6 Å². The number of aliphatic imine (C=N–C) groups is 1. The van der Waals surface area contributed by atoms with E-state index in [1.807, 2.05) is 13.2 Å². The van der Waals surface area contributed by atoms with Gasteiger partial charge in [-0.2, -0.15) is 0 Å². The molecule has 23 heavy (non-hydrogen) atoms. The summed E-state index contributed by atoms with van der Waals surface area (Å²) in [5.74, 6) is 0.870. The molecule has 0 bridgehead atoms. The first-order chi connectivity index (χ1) is 10.8. The molecule has 0 atom stereocenters. The molecule has 1 aromatic heterocycles. The number of rotatable bonds is 8. The molecule has 0 unspecified atom stereocenters. The summed E-state index contributed by atoms with van der Waals surface area (Å²) in [6.07, 6.45) is 8.24. The summed E-state index contributed by atoms with van der Waals surface area (Å²) in [6.45, 7) is 7.72. The average Bonchev–Trinajstić information content (AvgIpc) is 3.21. The molecule has 0 aromatic carbocycles. The third-order valence-electron chi connectivity index (χ3n) is 3.97. The number of likely N-dealkylation sites (tertiary alicyclic amines) is 1. The van der Waals surface area contributed by atoms with Gasteiger partial charge in [-0.25, -0.2) is 4.98 Å². The summed E-state index contributed by atoms with van der Waals surface area (Å²) >= 11 is 1.77. The minimum atomic E-state index is 0. The van der Waals surface area contributed by atoms with Gasteiger partial charge in [0.15, 0.2) is 5.96 Å². The molecule has 1 fully saturated rings. The van der Waals surface area contributed by atoms with Crippen LogP contribution in [0.3, 0.4) is 0 Å². The van der Waals surface area contributed by atoms with E-state index in [1.54, 1.807) is 11.3 Å². The summed E-state index contributed by atoms with van der Waals surface area (Å²) in [7, 11) is 1.82. The van der Waals surface area contributed by atoms with Crippen LogP contribution in [0.15, 0.2) is 11.2 Å². The Bertz CT molecular complexity index is 457. The lowest BCUT2D eigenvalue weighted by Crippen LogP contribution is -2.37. The molecule has 132 valence electrons. The van der Waals surface area contributed by atoms with Crippen LogP contribution in [0.2, 0.25) is 0 Å². The van der Waals surface area contributed by atoms with Crippen LogP contribution in [0.25, 0.3) is 0 Å². The number of nitrogens with one attached hydrogen (secondary N) is 2. The van der Waals surface area contributed by atoms with Gasteiger partial charge in [-0.15, -0.1) is 35.3 Å². The molecule has 0 saturated carbocycles. The maximum atomic E-state index is 4.41. The van der Waals surface area contributed by atoms with E-state index in [4.69, 9.17) is 0 Å². The molecule has 1 aliphatic heterocycles. The Kier molecular flexibility index (Phi) is 10.8. The fraction of sp³-hybridized carbons (Fsp3) is 0.750. The molecule has 7 heteroatoms. The number of halogens is 1. The van der Waals surface area contributed by atoms with Crippen LogP contribution in [0.5, 0.6) is 0 Å². The van der Waals surface area contributed by atoms with Crippen LogP contribution >= 0.6 is 35.3 Å². The van der Waals surface area contributed by atoms with Crippen molar-refractivity contribution in [3.8, 4) is 0 Å². The molecule has 2 heterocycles. The first kappa shape index (κ1) is 20.6. The van der Waals surface area contributed by atoms with E-state index >= 15 is 0 Å². The van der Waals surface area contributed by atoms with Crippen molar-refractivity contribution in [3.63, 3.8) is 0 Å². The second-order valence-corrected chi connectivity index (χ2v) is 6.88. The average molecular weight is 451 g/mol. The lowest BCUT2D eigenvalue weighted by Gasteiger charge is -2.15. The fourth-order valence-electron chi connectivity index (χ4n) is 2.65. The predicted molar refractivity (Wildman–Crippen MR) is 110 cm³/mol. The number of aryl methyl sites for hydroxylation is 1. The van der Waals surface area contributed by atoms with Gasteiger partial charge in [0.1, 0.15) is 5.01 Å². The molecule has 1 aliphatic rings. The minimum Gasteiger partial charge on any atom is -0.356 e. The van der Waals surface area contributed by atoms with Gasteiger partial charge in [0, 0.05) is 24.7 Å². The number of hydrogen-bond acceptors (Lipinski definition) is 4. The topological polar surface area (TPSA) is 52.6 Å². The lowest BCUT2D eigenvalue weighted by molar-refractivity contribution is 0.330. The number of aromatic nitrogens is 1. The van der Waals surface area contributed by atoms with Gasteiger partial charge in [-0.1, -0.05) is 6.92 Å². The Morgan fingerprint density at radius 1 is 1.30 bits per heavy atom. The zero-order valence-electron chi connectivity index (χ0n) is 14.3. The van der Waals surface area contributed by atoms with E-state index < -0.39 is 0 Å². The monoisotopic (exact) mass is 451 g/mol. The highest BCUT2D eigenvalue weighted by molar-refractivity contribution is 14.0. The van der Waals surface area contributed by atoms with Crippen LogP contribution in [-0.4, -0.2) is 49.1 Å². The van der Waals surface area contributed by atoms with Crippen LogP contribution in [-0.2, 0) is 13.0 Å². The summed E-state index contributed by atoms with van der Waals surface area (Å²) in [6, 6.07) is 0. The second-order valence-electron chi connectivity index (χ2n) is 5.68. The Balaban J connectivity index is 0.00000264. The number of guanidine groups is 1. The molecular weight excluding hydrogens is 421 g/mol. The van der Waals surface area contributed by atoms with Crippen molar-refractivity contribution in [2.24, 2.45) is 4.99 Å². The molecule has 1 aromatic rings. The maximum Gasteiger partial charge on any atom is 0.191 e. The van der Waals surface area contributed by atoms with Crippen LogP contribution < -0.4 is 10.6 Å². The van der Waals surface area contributed by atoms with E-state index in [2.05, 4.69) is 32.4 Å². The summed E-state index contributed by atoms with van der Waals surface area (Å²) in [5, 5.41) is 7.83. The standard InChI is InChI=1S/C16H29N5S.HI/c1-3-14-12-19-15(22-14)13-20-16(17-2)18-8-4-5-9-21-10-6-7-11-21;/h12H,3-11,13H2,1-2H3,(H2,17,18,20);1H. The number of unbranched alkanes of at least 4 members (excludes halogenated alkanes) is 1. The second kappa shape index (κ2) is 12.0. The Morgan fingerprint density at radius 3 is 2.74 bits per heavy atom. The summed E-state index contributed by atoms with van der Waals surface area (Å²) in [5.41, 5.74) is 0. The van der Waals surface area contributed by atoms with E-state index in [0.717, 1.165) is 30.5 Å². The quantitative estimate of drug-likeness (QED) is 0.276. The van der Waals surface area contributed by atoms with Gasteiger partial charge in [-0.3, -0.25) is 4.99 Å². The number of hydrogen-bond donors (Lipinski definition) is 2. The molecule has 1 saturated heterocycles. The normalized spacial score (nSPS) is 15.5. The first-order valence-electron chi connectivity index (χ1n) is 8.42. The van der Waals surface area contributed by atoms with Crippen molar-refractivity contribution in [2.75, 3.05) is 33.2 Å². The van der Waals surface area contributed by atoms with Crippen LogP contribution in [0, 0.1) is 0 Å². The molecule has 2 N–H and O–H groups in total. The molecule has 2 rings (SSSR count). The Labute approximate surface area is 161 Å².